The van der Waals surface area contributed by atoms with E-state index >= 15 is 0 Å². The minimum atomic E-state index is -0.778. The Bertz CT molecular complexity index is 395. The van der Waals surface area contributed by atoms with E-state index in [1.807, 2.05) is 12.2 Å². The van der Waals surface area contributed by atoms with E-state index in [1.165, 1.54) is 0 Å². The fourth-order valence-corrected chi connectivity index (χ4v) is 2.17. The summed E-state index contributed by atoms with van der Waals surface area (Å²) in [5.41, 5.74) is 1.13. The van der Waals surface area contributed by atoms with Crippen LogP contribution in [-0.2, 0) is 19.1 Å². The lowest BCUT2D eigenvalue weighted by molar-refractivity contribution is -0.161. The molecule has 2 unspecified atom stereocenters. The second kappa shape index (κ2) is 5.85. The number of carbonyl (C=O) groups is 2. The molecule has 0 aromatic carbocycles. The molecule has 1 aliphatic heterocycles. The Morgan fingerprint density at radius 3 is 3.00 bits per heavy atom. The first-order valence-corrected chi connectivity index (χ1v) is 6.39. The van der Waals surface area contributed by atoms with Crippen molar-refractivity contribution in [2.24, 2.45) is 0 Å². The molecule has 2 aliphatic rings. The first kappa shape index (κ1) is 12.9. The summed E-state index contributed by atoms with van der Waals surface area (Å²) >= 11 is 0. The topological polar surface area (TPSA) is 52.6 Å². The molecule has 0 spiro atoms. The van der Waals surface area contributed by atoms with Crippen molar-refractivity contribution in [3.8, 4) is 0 Å². The molecule has 4 heteroatoms. The summed E-state index contributed by atoms with van der Waals surface area (Å²) in [6.07, 6.45) is 8.56. The van der Waals surface area contributed by atoms with Crippen LogP contribution >= 0.6 is 0 Å². The largest absolute Gasteiger partial charge is 0.459 e. The van der Waals surface area contributed by atoms with E-state index in [2.05, 4.69) is 6.08 Å². The normalized spacial score (nSPS) is 28.8. The van der Waals surface area contributed by atoms with Crippen molar-refractivity contribution in [1.82, 2.24) is 0 Å². The molecule has 1 saturated heterocycles. The smallest absolute Gasteiger partial charge is 0.348 e. The third-order valence-corrected chi connectivity index (χ3v) is 3.09. The van der Waals surface area contributed by atoms with Gasteiger partial charge in [0.2, 0.25) is 6.10 Å². The second-order valence-electron chi connectivity index (χ2n) is 4.78. The fourth-order valence-electron chi connectivity index (χ4n) is 2.17. The highest BCUT2D eigenvalue weighted by molar-refractivity contribution is 5.82. The van der Waals surface area contributed by atoms with E-state index in [0.717, 1.165) is 24.8 Å². The Kier molecular flexibility index (Phi) is 4.18. The number of cyclic esters (lactones) is 2. The Morgan fingerprint density at radius 1 is 1.33 bits per heavy atom. The third kappa shape index (κ3) is 3.45. The summed E-state index contributed by atoms with van der Waals surface area (Å²) in [6.45, 7) is 1.70. The van der Waals surface area contributed by atoms with Crippen molar-refractivity contribution in [1.29, 1.82) is 0 Å². The molecule has 4 nitrogen and oxygen atoms in total. The third-order valence-electron chi connectivity index (χ3n) is 3.09. The molecule has 0 bridgehead atoms. The zero-order chi connectivity index (χ0) is 13.0. The summed E-state index contributed by atoms with van der Waals surface area (Å²) in [7, 11) is 0. The van der Waals surface area contributed by atoms with Crippen molar-refractivity contribution in [3.05, 3.63) is 23.8 Å². The molecular weight excluding hydrogens is 232 g/mol. The SMILES string of the molecule is CC1CC(=O)OC(CC2=CC=CCCC2)C(=O)O1. The van der Waals surface area contributed by atoms with Crippen LogP contribution < -0.4 is 0 Å². The summed E-state index contributed by atoms with van der Waals surface area (Å²) < 4.78 is 10.3. The van der Waals surface area contributed by atoms with Gasteiger partial charge in [0, 0.05) is 6.42 Å². The van der Waals surface area contributed by atoms with Gasteiger partial charge in [0.25, 0.3) is 0 Å². The molecule has 0 aromatic heterocycles. The maximum atomic E-state index is 11.8. The summed E-state index contributed by atoms with van der Waals surface area (Å²) in [5.74, 6) is -0.786. The highest BCUT2D eigenvalue weighted by Gasteiger charge is 2.31. The lowest BCUT2D eigenvalue weighted by Gasteiger charge is -2.15. The minimum Gasteiger partial charge on any atom is -0.459 e. The average Bonchev–Trinajstić information content (AvgIpc) is 2.60. The fraction of sp³-hybridized carbons (Fsp3) is 0.571. The first-order chi connectivity index (χ1) is 8.65. The molecule has 1 aliphatic carbocycles. The van der Waals surface area contributed by atoms with Gasteiger partial charge in [-0.15, -0.1) is 0 Å². The molecule has 18 heavy (non-hydrogen) atoms. The van der Waals surface area contributed by atoms with E-state index < -0.39 is 18.2 Å². The highest BCUT2D eigenvalue weighted by atomic mass is 16.6. The molecule has 0 amide bonds. The van der Waals surface area contributed by atoms with Gasteiger partial charge in [-0.05, 0) is 26.2 Å². The van der Waals surface area contributed by atoms with Crippen LogP contribution in [0, 0.1) is 0 Å². The van der Waals surface area contributed by atoms with Crippen LogP contribution in [0.25, 0.3) is 0 Å². The van der Waals surface area contributed by atoms with Gasteiger partial charge in [-0.3, -0.25) is 4.79 Å². The van der Waals surface area contributed by atoms with Crippen LogP contribution in [0.2, 0.25) is 0 Å². The summed E-state index contributed by atoms with van der Waals surface area (Å²) in [4.78, 5) is 23.3. The number of allylic oxidation sites excluding steroid dienone is 3. The monoisotopic (exact) mass is 250 g/mol. The van der Waals surface area contributed by atoms with Crippen molar-refractivity contribution in [2.75, 3.05) is 0 Å². The number of hydrogen-bond acceptors (Lipinski definition) is 4. The Balaban J connectivity index is 2.02. The second-order valence-corrected chi connectivity index (χ2v) is 4.78. The van der Waals surface area contributed by atoms with Crippen LogP contribution in [0.5, 0.6) is 0 Å². The van der Waals surface area contributed by atoms with Gasteiger partial charge < -0.3 is 9.47 Å². The molecule has 0 N–H and O–H groups in total. The predicted molar refractivity (Wildman–Crippen MR) is 65.7 cm³/mol. The number of rotatable bonds is 2. The van der Waals surface area contributed by atoms with E-state index in [1.54, 1.807) is 6.92 Å². The van der Waals surface area contributed by atoms with Gasteiger partial charge in [0.1, 0.15) is 6.10 Å². The zero-order valence-electron chi connectivity index (χ0n) is 10.6. The molecular formula is C14H18O4. The quantitative estimate of drug-likeness (QED) is 0.706. The summed E-state index contributed by atoms with van der Waals surface area (Å²) in [5, 5.41) is 0. The maximum absolute atomic E-state index is 11.8. The standard InChI is InChI=1S/C14H18O4/c1-10-8-13(15)18-12(14(16)17-10)9-11-6-4-2-3-5-7-11/h2,4,6,10,12H,3,5,7-9H2,1H3. The van der Waals surface area contributed by atoms with Crippen molar-refractivity contribution in [3.63, 3.8) is 0 Å². The molecule has 2 atom stereocenters. The number of carbonyl (C=O) groups excluding carboxylic acids is 2. The predicted octanol–water partition coefficient (Wildman–Crippen LogP) is 2.29. The first-order valence-electron chi connectivity index (χ1n) is 6.39. The van der Waals surface area contributed by atoms with Crippen molar-refractivity contribution < 1.29 is 19.1 Å². The van der Waals surface area contributed by atoms with E-state index in [4.69, 9.17) is 9.47 Å². The van der Waals surface area contributed by atoms with Gasteiger partial charge in [0.05, 0.1) is 6.42 Å². The lowest BCUT2D eigenvalue weighted by atomic mass is 10.0. The Hall–Kier alpha value is -1.58. The van der Waals surface area contributed by atoms with Crippen LogP contribution in [0.15, 0.2) is 23.8 Å². The summed E-state index contributed by atoms with van der Waals surface area (Å²) in [6, 6.07) is 0. The number of hydrogen-bond donors (Lipinski definition) is 0. The molecule has 1 heterocycles. The van der Waals surface area contributed by atoms with Crippen LogP contribution in [0.3, 0.4) is 0 Å². The van der Waals surface area contributed by atoms with Crippen molar-refractivity contribution in [2.45, 2.75) is 51.2 Å². The van der Waals surface area contributed by atoms with Gasteiger partial charge in [0.15, 0.2) is 0 Å². The van der Waals surface area contributed by atoms with Gasteiger partial charge in [-0.1, -0.05) is 23.8 Å². The number of esters is 2. The van der Waals surface area contributed by atoms with Crippen LogP contribution in [0.1, 0.15) is 39.0 Å². The van der Waals surface area contributed by atoms with E-state index in [0.29, 0.717) is 6.42 Å². The van der Waals surface area contributed by atoms with E-state index in [9.17, 15) is 9.59 Å². The van der Waals surface area contributed by atoms with Crippen LogP contribution in [-0.4, -0.2) is 24.1 Å². The van der Waals surface area contributed by atoms with E-state index in [-0.39, 0.29) is 12.4 Å². The zero-order valence-corrected chi connectivity index (χ0v) is 10.6. The molecule has 0 saturated carbocycles. The van der Waals surface area contributed by atoms with Crippen molar-refractivity contribution >= 4 is 11.9 Å². The lowest BCUT2D eigenvalue weighted by Crippen LogP contribution is -2.26. The maximum Gasteiger partial charge on any atom is 0.348 e. The molecule has 1 fully saturated rings. The minimum absolute atomic E-state index is 0.140. The molecule has 0 radical (unpaired) electrons. The van der Waals surface area contributed by atoms with Crippen LogP contribution in [0.4, 0.5) is 0 Å². The van der Waals surface area contributed by atoms with Gasteiger partial charge >= 0.3 is 11.9 Å². The molecule has 2 rings (SSSR count). The Labute approximate surface area is 107 Å². The molecule has 0 aromatic rings. The van der Waals surface area contributed by atoms with Gasteiger partial charge in [-0.25, -0.2) is 4.79 Å². The molecule has 98 valence electrons. The van der Waals surface area contributed by atoms with Gasteiger partial charge in [-0.2, -0.15) is 0 Å². The highest BCUT2D eigenvalue weighted by Crippen LogP contribution is 2.22. The Morgan fingerprint density at radius 2 is 2.17 bits per heavy atom. The number of ether oxygens (including phenoxy) is 2. The average molecular weight is 250 g/mol.